The van der Waals surface area contributed by atoms with E-state index in [0.717, 1.165) is 23.2 Å². The van der Waals surface area contributed by atoms with Gasteiger partial charge in [-0.1, -0.05) is 0 Å². The van der Waals surface area contributed by atoms with Gasteiger partial charge in [0, 0.05) is 65.2 Å². The van der Waals surface area contributed by atoms with E-state index < -0.39 is 11.2 Å². The van der Waals surface area contributed by atoms with Gasteiger partial charge in [-0.15, -0.1) is 0 Å². The Labute approximate surface area is 156 Å². The lowest BCUT2D eigenvalue weighted by atomic mass is 9.96. The monoisotopic (exact) mass is 375 g/mol. The summed E-state index contributed by atoms with van der Waals surface area (Å²) < 4.78 is 9.41. The number of nitrogens with zero attached hydrogens (tertiary/aromatic N) is 5. The molecular weight excluding hydrogens is 350 g/mol. The molecule has 0 N–H and O–H groups in total. The van der Waals surface area contributed by atoms with Crippen LogP contribution in [0.5, 0.6) is 0 Å². The van der Waals surface area contributed by atoms with Crippen LogP contribution in [0.3, 0.4) is 0 Å². The summed E-state index contributed by atoms with van der Waals surface area (Å²) in [5.41, 5.74) is -0.869. The zero-order valence-corrected chi connectivity index (χ0v) is 15.9. The maximum atomic E-state index is 13.0. The fourth-order valence-electron chi connectivity index (χ4n) is 3.53. The van der Waals surface area contributed by atoms with E-state index in [4.69, 9.17) is 4.74 Å². The van der Waals surface area contributed by atoms with E-state index >= 15 is 0 Å². The lowest BCUT2D eigenvalue weighted by Gasteiger charge is -2.33. The highest BCUT2D eigenvalue weighted by molar-refractivity contribution is 5.92. The Bertz CT molecular complexity index is 942. The Morgan fingerprint density at radius 2 is 2.07 bits per heavy atom. The number of carbonyl (C=O) groups excluding carboxylic acids is 1. The van der Waals surface area contributed by atoms with Gasteiger partial charge >= 0.3 is 5.69 Å². The van der Waals surface area contributed by atoms with Gasteiger partial charge in [-0.2, -0.15) is 0 Å². The molecular formula is C18H25N5O4. The third-order valence-corrected chi connectivity index (χ3v) is 5.10. The summed E-state index contributed by atoms with van der Waals surface area (Å²) in [6, 6.07) is 1.23. The molecule has 0 aliphatic carbocycles. The van der Waals surface area contributed by atoms with E-state index in [0.29, 0.717) is 26.2 Å². The molecule has 1 aliphatic heterocycles. The van der Waals surface area contributed by atoms with Gasteiger partial charge in [0.15, 0.2) is 0 Å². The van der Waals surface area contributed by atoms with Crippen molar-refractivity contribution in [1.82, 2.24) is 23.6 Å². The predicted molar refractivity (Wildman–Crippen MR) is 98.9 cm³/mol. The molecule has 1 amide bonds. The molecule has 0 aromatic carbocycles. The fourth-order valence-corrected chi connectivity index (χ4v) is 3.53. The summed E-state index contributed by atoms with van der Waals surface area (Å²) in [4.78, 5) is 43.2. The molecule has 0 bridgehead atoms. The molecule has 0 spiro atoms. The average molecular weight is 375 g/mol. The Hall–Kier alpha value is -2.68. The molecule has 3 heterocycles. The van der Waals surface area contributed by atoms with Gasteiger partial charge in [0.05, 0.1) is 6.61 Å². The van der Waals surface area contributed by atoms with Crippen LogP contribution in [0.2, 0.25) is 0 Å². The molecule has 1 atom stereocenters. The van der Waals surface area contributed by atoms with Crippen LogP contribution in [0, 0.1) is 0 Å². The summed E-state index contributed by atoms with van der Waals surface area (Å²) in [6.07, 6.45) is 5.45. The Balaban J connectivity index is 1.83. The van der Waals surface area contributed by atoms with E-state index in [2.05, 4.69) is 9.55 Å². The molecule has 146 valence electrons. The average Bonchev–Trinajstić information content (AvgIpc) is 3.15. The second-order valence-corrected chi connectivity index (χ2v) is 6.83. The van der Waals surface area contributed by atoms with Gasteiger partial charge in [0.2, 0.25) is 0 Å². The van der Waals surface area contributed by atoms with E-state index in [9.17, 15) is 14.4 Å². The van der Waals surface area contributed by atoms with Gasteiger partial charge in [-0.05, 0) is 12.8 Å². The molecule has 9 nitrogen and oxygen atoms in total. The molecule has 0 radical (unpaired) electrons. The Kier molecular flexibility index (Phi) is 5.59. The van der Waals surface area contributed by atoms with Crippen molar-refractivity contribution in [3.8, 4) is 0 Å². The minimum atomic E-state index is -0.505. The number of carbonyl (C=O) groups is 1. The summed E-state index contributed by atoms with van der Waals surface area (Å²) in [6.45, 7) is 2.40. The zero-order valence-electron chi connectivity index (χ0n) is 15.9. The summed E-state index contributed by atoms with van der Waals surface area (Å²) in [5, 5.41) is 0. The highest BCUT2D eigenvalue weighted by atomic mass is 16.5. The minimum Gasteiger partial charge on any atom is -0.383 e. The summed E-state index contributed by atoms with van der Waals surface area (Å²) in [5.74, 6) is 0.743. The van der Waals surface area contributed by atoms with Gasteiger partial charge in [0.1, 0.15) is 11.5 Å². The lowest BCUT2D eigenvalue weighted by Crippen LogP contribution is -2.45. The van der Waals surface area contributed by atoms with E-state index in [1.54, 1.807) is 18.2 Å². The number of hydrogen-bond acceptors (Lipinski definition) is 5. The SMILES string of the molecule is COCCn1ccnc1C1CCCN(C(=O)c2cc(=O)n(C)c(=O)n2C)C1. The van der Waals surface area contributed by atoms with Crippen molar-refractivity contribution >= 4 is 5.91 Å². The van der Waals surface area contributed by atoms with Crippen LogP contribution >= 0.6 is 0 Å². The van der Waals surface area contributed by atoms with E-state index in [1.807, 2.05) is 6.20 Å². The minimum absolute atomic E-state index is 0.109. The number of rotatable bonds is 5. The summed E-state index contributed by atoms with van der Waals surface area (Å²) in [7, 11) is 4.57. The van der Waals surface area contributed by atoms with Crippen LogP contribution in [0.25, 0.3) is 0 Å². The number of ether oxygens (including phenoxy) is 1. The standard InChI is InChI=1S/C18H25N5O4/c1-20-14(11-15(24)21(2)18(20)26)17(25)23-7-4-5-13(12-23)16-19-6-8-22(16)9-10-27-3/h6,8,11,13H,4-5,7,9-10,12H2,1-3H3. The first-order valence-electron chi connectivity index (χ1n) is 9.00. The molecule has 2 aromatic rings. The van der Waals surface area contributed by atoms with E-state index in [-0.39, 0.29) is 17.5 Å². The third kappa shape index (κ3) is 3.73. The summed E-state index contributed by atoms with van der Waals surface area (Å²) >= 11 is 0. The van der Waals surface area contributed by atoms with Crippen molar-refractivity contribution in [3.05, 3.63) is 50.8 Å². The molecule has 27 heavy (non-hydrogen) atoms. The van der Waals surface area contributed by atoms with Crippen molar-refractivity contribution in [1.29, 1.82) is 0 Å². The maximum absolute atomic E-state index is 13.0. The number of methoxy groups -OCH3 is 1. The van der Waals surface area contributed by atoms with Crippen molar-refractivity contribution in [2.24, 2.45) is 14.1 Å². The number of hydrogen-bond donors (Lipinski definition) is 0. The quantitative estimate of drug-likeness (QED) is 0.731. The number of amides is 1. The highest BCUT2D eigenvalue weighted by Gasteiger charge is 2.29. The van der Waals surface area contributed by atoms with Crippen LogP contribution in [0.15, 0.2) is 28.0 Å². The van der Waals surface area contributed by atoms with E-state index in [1.165, 1.54) is 24.7 Å². The molecule has 9 heteroatoms. The molecule has 3 rings (SSSR count). The van der Waals surface area contributed by atoms with Crippen LogP contribution in [0.1, 0.15) is 35.1 Å². The van der Waals surface area contributed by atoms with Crippen LogP contribution in [-0.2, 0) is 25.4 Å². The molecule has 1 aliphatic rings. The van der Waals surface area contributed by atoms with Crippen LogP contribution in [0.4, 0.5) is 0 Å². The number of aromatic nitrogens is 4. The molecule has 1 unspecified atom stereocenters. The lowest BCUT2D eigenvalue weighted by molar-refractivity contribution is 0.0690. The van der Waals surface area contributed by atoms with Crippen LogP contribution in [-0.4, -0.2) is 56.3 Å². The highest BCUT2D eigenvalue weighted by Crippen LogP contribution is 2.26. The van der Waals surface area contributed by atoms with Crippen molar-refractivity contribution in [2.45, 2.75) is 25.3 Å². The zero-order chi connectivity index (χ0) is 19.6. The topological polar surface area (TPSA) is 91.4 Å². The first kappa shape index (κ1) is 19.1. The Morgan fingerprint density at radius 1 is 1.30 bits per heavy atom. The van der Waals surface area contributed by atoms with Gasteiger partial charge in [-0.3, -0.25) is 18.7 Å². The number of likely N-dealkylation sites (tertiary alicyclic amines) is 1. The first-order chi connectivity index (χ1) is 12.9. The second kappa shape index (κ2) is 7.91. The maximum Gasteiger partial charge on any atom is 0.331 e. The van der Waals surface area contributed by atoms with Crippen molar-refractivity contribution < 1.29 is 9.53 Å². The largest absolute Gasteiger partial charge is 0.383 e. The van der Waals surface area contributed by atoms with Gasteiger partial charge in [-0.25, -0.2) is 9.78 Å². The third-order valence-electron chi connectivity index (χ3n) is 5.10. The second-order valence-electron chi connectivity index (χ2n) is 6.83. The molecule has 1 saturated heterocycles. The molecule has 0 saturated carbocycles. The number of imidazole rings is 1. The predicted octanol–water partition coefficient (Wildman–Crippen LogP) is -0.0533. The smallest absolute Gasteiger partial charge is 0.331 e. The fraction of sp³-hybridized carbons (Fsp3) is 0.556. The van der Waals surface area contributed by atoms with Crippen molar-refractivity contribution in [3.63, 3.8) is 0 Å². The van der Waals surface area contributed by atoms with Crippen LogP contribution < -0.4 is 11.2 Å². The normalized spacial score (nSPS) is 17.3. The molecule has 2 aromatic heterocycles. The first-order valence-corrected chi connectivity index (χ1v) is 9.00. The molecule has 1 fully saturated rings. The number of piperidine rings is 1. The Morgan fingerprint density at radius 3 is 2.81 bits per heavy atom. The van der Waals surface area contributed by atoms with Gasteiger partial charge < -0.3 is 14.2 Å². The van der Waals surface area contributed by atoms with Gasteiger partial charge in [0.25, 0.3) is 11.5 Å². The van der Waals surface area contributed by atoms with Crippen molar-refractivity contribution in [2.75, 3.05) is 26.8 Å².